The van der Waals surface area contributed by atoms with Crippen LogP contribution in [0.25, 0.3) is 11.3 Å². The zero-order valence-corrected chi connectivity index (χ0v) is 9.67. The summed E-state index contributed by atoms with van der Waals surface area (Å²) in [5.41, 5.74) is 1.25. The van der Waals surface area contributed by atoms with Crippen LogP contribution in [0.15, 0.2) is 30.5 Å². The van der Waals surface area contributed by atoms with E-state index in [1.54, 1.807) is 19.3 Å². The van der Waals surface area contributed by atoms with E-state index < -0.39 is 11.7 Å². The highest BCUT2D eigenvalue weighted by Gasteiger charge is 2.30. The molecule has 0 fully saturated rings. The number of nitrogens with one attached hydrogen (secondary N) is 2. The van der Waals surface area contributed by atoms with E-state index in [0.29, 0.717) is 17.8 Å². The largest absolute Gasteiger partial charge is 0.416 e. The van der Waals surface area contributed by atoms with Gasteiger partial charge in [0.2, 0.25) is 0 Å². The smallest absolute Gasteiger partial charge is 0.316 e. The van der Waals surface area contributed by atoms with Crippen LogP contribution in [0.2, 0.25) is 0 Å². The molecule has 0 amide bonds. The number of H-pyrrole nitrogens is 1. The Hall–Kier alpha value is -1.82. The van der Waals surface area contributed by atoms with Gasteiger partial charge in [-0.15, -0.1) is 0 Å². The van der Waals surface area contributed by atoms with Crippen LogP contribution in [-0.2, 0) is 12.7 Å². The molecule has 0 saturated carbocycles. The Morgan fingerprint density at radius 1 is 1.33 bits per heavy atom. The van der Waals surface area contributed by atoms with Crippen molar-refractivity contribution in [2.45, 2.75) is 12.7 Å². The van der Waals surface area contributed by atoms with Crippen molar-refractivity contribution in [3.8, 4) is 11.3 Å². The normalized spacial score (nSPS) is 11.8. The second-order valence-electron chi connectivity index (χ2n) is 3.88. The molecule has 2 aromatic rings. The maximum absolute atomic E-state index is 12.6. The first kappa shape index (κ1) is 12.6. The molecule has 0 spiro atoms. The maximum atomic E-state index is 12.6. The second-order valence-corrected chi connectivity index (χ2v) is 3.88. The van der Waals surface area contributed by atoms with E-state index in [1.165, 1.54) is 6.07 Å². The Labute approximate surface area is 102 Å². The predicted molar refractivity (Wildman–Crippen MR) is 61.8 cm³/mol. The maximum Gasteiger partial charge on any atom is 0.416 e. The average molecular weight is 255 g/mol. The molecular weight excluding hydrogens is 243 g/mol. The Bertz CT molecular complexity index is 531. The molecule has 18 heavy (non-hydrogen) atoms. The molecule has 0 aliphatic heterocycles. The number of hydrogen-bond donors (Lipinski definition) is 2. The van der Waals surface area contributed by atoms with Crippen LogP contribution in [0.4, 0.5) is 13.2 Å². The van der Waals surface area contributed by atoms with Crippen molar-refractivity contribution in [3.63, 3.8) is 0 Å². The van der Waals surface area contributed by atoms with Crippen molar-refractivity contribution in [2.75, 3.05) is 7.05 Å². The quantitative estimate of drug-likeness (QED) is 0.885. The van der Waals surface area contributed by atoms with Crippen molar-refractivity contribution in [3.05, 3.63) is 41.6 Å². The molecule has 0 aliphatic carbocycles. The minimum atomic E-state index is -4.33. The van der Waals surface area contributed by atoms with Crippen molar-refractivity contribution >= 4 is 0 Å². The monoisotopic (exact) mass is 255 g/mol. The number of benzene rings is 1. The van der Waals surface area contributed by atoms with E-state index in [1.807, 2.05) is 0 Å². The van der Waals surface area contributed by atoms with Crippen molar-refractivity contribution in [1.82, 2.24) is 15.5 Å². The zero-order chi connectivity index (χ0) is 13.2. The number of hydrogen-bond acceptors (Lipinski definition) is 2. The summed E-state index contributed by atoms with van der Waals surface area (Å²) in [6.45, 7) is 0.544. The van der Waals surface area contributed by atoms with E-state index in [0.717, 1.165) is 17.7 Å². The van der Waals surface area contributed by atoms with E-state index in [4.69, 9.17) is 0 Å². The molecule has 1 aromatic carbocycles. The fourth-order valence-electron chi connectivity index (χ4n) is 1.74. The third-order valence-electron chi connectivity index (χ3n) is 2.56. The fourth-order valence-corrected chi connectivity index (χ4v) is 1.74. The molecule has 2 N–H and O–H groups in total. The minimum absolute atomic E-state index is 0.479. The van der Waals surface area contributed by atoms with Gasteiger partial charge < -0.3 is 5.32 Å². The average Bonchev–Trinajstić information content (AvgIpc) is 2.77. The molecule has 6 heteroatoms. The van der Waals surface area contributed by atoms with Crippen LogP contribution in [0, 0.1) is 0 Å². The summed E-state index contributed by atoms with van der Waals surface area (Å²) >= 11 is 0. The van der Waals surface area contributed by atoms with Crippen molar-refractivity contribution < 1.29 is 13.2 Å². The first-order valence-corrected chi connectivity index (χ1v) is 5.37. The molecule has 1 aromatic heterocycles. The molecule has 0 bridgehead atoms. The molecular formula is C12H12F3N3. The highest BCUT2D eigenvalue weighted by molar-refractivity contribution is 5.63. The summed E-state index contributed by atoms with van der Waals surface area (Å²) < 4.78 is 37.9. The number of halogens is 3. The predicted octanol–water partition coefficient (Wildman–Crippen LogP) is 2.81. The zero-order valence-electron chi connectivity index (χ0n) is 9.67. The number of nitrogens with zero attached hydrogens (tertiary/aromatic N) is 1. The molecule has 0 unspecified atom stereocenters. The van der Waals surface area contributed by atoms with Gasteiger partial charge in [0, 0.05) is 17.7 Å². The summed E-state index contributed by atoms with van der Waals surface area (Å²) in [6, 6.07) is 5.19. The van der Waals surface area contributed by atoms with Gasteiger partial charge in [0.15, 0.2) is 0 Å². The van der Waals surface area contributed by atoms with Gasteiger partial charge in [0.1, 0.15) is 0 Å². The van der Waals surface area contributed by atoms with Crippen LogP contribution in [-0.4, -0.2) is 17.2 Å². The van der Waals surface area contributed by atoms with E-state index >= 15 is 0 Å². The first-order chi connectivity index (χ1) is 8.52. The SMILES string of the molecule is CNCc1cn[nH]c1-c1cccc(C(F)(F)F)c1. The van der Waals surface area contributed by atoms with Crippen LogP contribution < -0.4 is 5.32 Å². The lowest BCUT2D eigenvalue weighted by Gasteiger charge is -2.08. The van der Waals surface area contributed by atoms with E-state index in [-0.39, 0.29) is 0 Å². The molecule has 0 saturated heterocycles. The lowest BCUT2D eigenvalue weighted by atomic mass is 10.0. The Morgan fingerprint density at radius 2 is 2.11 bits per heavy atom. The van der Waals surface area contributed by atoms with Gasteiger partial charge in [0.05, 0.1) is 17.5 Å². The first-order valence-electron chi connectivity index (χ1n) is 5.37. The van der Waals surface area contributed by atoms with Crippen molar-refractivity contribution in [1.29, 1.82) is 0 Å². The van der Waals surface area contributed by atoms with Crippen LogP contribution in [0.5, 0.6) is 0 Å². The van der Waals surface area contributed by atoms with Crippen LogP contribution in [0.1, 0.15) is 11.1 Å². The number of aromatic amines is 1. The molecule has 0 radical (unpaired) electrons. The Morgan fingerprint density at radius 3 is 2.78 bits per heavy atom. The van der Waals surface area contributed by atoms with Gasteiger partial charge in [-0.1, -0.05) is 12.1 Å². The van der Waals surface area contributed by atoms with Gasteiger partial charge in [-0.05, 0) is 19.2 Å². The van der Waals surface area contributed by atoms with Crippen LogP contribution >= 0.6 is 0 Å². The summed E-state index contributed by atoms with van der Waals surface area (Å²) in [6.07, 6.45) is -2.73. The molecule has 3 nitrogen and oxygen atoms in total. The van der Waals surface area contributed by atoms with Gasteiger partial charge in [-0.25, -0.2) is 0 Å². The third kappa shape index (κ3) is 2.53. The number of rotatable bonds is 3. The summed E-state index contributed by atoms with van der Waals surface area (Å²) in [7, 11) is 1.77. The Balaban J connectivity index is 2.42. The molecule has 0 atom stereocenters. The summed E-state index contributed by atoms with van der Waals surface area (Å²) in [5.74, 6) is 0. The van der Waals surface area contributed by atoms with Crippen molar-refractivity contribution in [2.24, 2.45) is 0 Å². The minimum Gasteiger partial charge on any atom is -0.316 e. The standard InChI is InChI=1S/C12H12F3N3/c1-16-6-9-7-17-18-11(9)8-3-2-4-10(5-8)12(13,14)15/h2-5,7,16H,6H2,1H3,(H,17,18). The summed E-state index contributed by atoms with van der Waals surface area (Å²) in [4.78, 5) is 0. The highest BCUT2D eigenvalue weighted by atomic mass is 19.4. The number of aromatic nitrogens is 2. The second kappa shape index (κ2) is 4.81. The highest BCUT2D eigenvalue weighted by Crippen LogP contribution is 2.32. The number of alkyl halides is 3. The molecule has 96 valence electrons. The summed E-state index contributed by atoms with van der Waals surface area (Å²) in [5, 5.41) is 9.53. The topological polar surface area (TPSA) is 40.7 Å². The lowest BCUT2D eigenvalue weighted by Crippen LogP contribution is -2.06. The molecule has 2 rings (SSSR count). The fraction of sp³-hybridized carbons (Fsp3) is 0.250. The van der Waals surface area contributed by atoms with E-state index in [9.17, 15) is 13.2 Å². The van der Waals surface area contributed by atoms with Gasteiger partial charge >= 0.3 is 6.18 Å². The van der Waals surface area contributed by atoms with Gasteiger partial charge in [-0.3, -0.25) is 5.10 Å². The van der Waals surface area contributed by atoms with Crippen LogP contribution in [0.3, 0.4) is 0 Å². The van der Waals surface area contributed by atoms with E-state index in [2.05, 4.69) is 15.5 Å². The third-order valence-corrected chi connectivity index (χ3v) is 2.56. The molecule has 1 heterocycles. The molecule has 0 aliphatic rings. The van der Waals surface area contributed by atoms with Gasteiger partial charge in [-0.2, -0.15) is 18.3 Å². The lowest BCUT2D eigenvalue weighted by molar-refractivity contribution is -0.137. The Kier molecular flexibility index (Phi) is 3.38. The van der Waals surface area contributed by atoms with Gasteiger partial charge in [0.25, 0.3) is 0 Å².